The SMILES string of the molecule is O=C(CN(c1ccc(F)cc1)S(=O)(=O)c1cccs1)N[C@@H]1CCCc2ccccc21. The molecular weight excluding hydrogens is 423 g/mol. The lowest BCUT2D eigenvalue weighted by Gasteiger charge is -2.28. The minimum absolute atomic E-state index is 0.127. The van der Waals surface area contributed by atoms with Gasteiger partial charge in [-0.2, -0.15) is 0 Å². The molecule has 5 nitrogen and oxygen atoms in total. The summed E-state index contributed by atoms with van der Waals surface area (Å²) in [7, 11) is -3.95. The van der Waals surface area contributed by atoms with Gasteiger partial charge < -0.3 is 5.32 Å². The molecule has 1 aliphatic carbocycles. The molecule has 0 saturated heterocycles. The predicted octanol–water partition coefficient (Wildman–Crippen LogP) is 4.28. The molecule has 0 fully saturated rings. The van der Waals surface area contributed by atoms with Gasteiger partial charge in [0.25, 0.3) is 10.0 Å². The van der Waals surface area contributed by atoms with Crippen molar-refractivity contribution in [1.82, 2.24) is 5.32 Å². The number of carbonyl (C=O) groups excluding carboxylic acids is 1. The van der Waals surface area contributed by atoms with Gasteiger partial charge in [-0.3, -0.25) is 9.10 Å². The van der Waals surface area contributed by atoms with Crippen LogP contribution in [-0.4, -0.2) is 20.9 Å². The highest BCUT2D eigenvalue weighted by atomic mass is 32.2. The summed E-state index contributed by atoms with van der Waals surface area (Å²) in [4.78, 5) is 12.9. The van der Waals surface area contributed by atoms with Crippen molar-refractivity contribution in [2.24, 2.45) is 0 Å². The van der Waals surface area contributed by atoms with Crippen molar-refractivity contribution in [2.75, 3.05) is 10.8 Å². The molecule has 0 bridgehead atoms. The van der Waals surface area contributed by atoms with Gasteiger partial charge in [0.1, 0.15) is 16.6 Å². The number of thiophene rings is 1. The Morgan fingerprint density at radius 1 is 1.10 bits per heavy atom. The predicted molar refractivity (Wildman–Crippen MR) is 116 cm³/mol. The molecule has 1 amide bonds. The standard InChI is InChI=1S/C22H21FN2O3S2/c23-17-10-12-18(13-11-17)25(30(27,28)22-9-4-14-29-22)15-21(26)24-20-8-3-6-16-5-1-2-7-19(16)20/h1-2,4-5,7,9-14,20H,3,6,8,15H2,(H,24,26)/t20-/m1/s1. The zero-order valence-corrected chi connectivity index (χ0v) is 17.8. The van der Waals surface area contributed by atoms with Crippen LogP contribution in [0.4, 0.5) is 10.1 Å². The Kier molecular flexibility index (Phi) is 5.87. The average molecular weight is 445 g/mol. The van der Waals surface area contributed by atoms with Crippen molar-refractivity contribution < 1.29 is 17.6 Å². The van der Waals surface area contributed by atoms with E-state index in [4.69, 9.17) is 0 Å². The fourth-order valence-electron chi connectivity index (χ4n) is 3.72. The molecule has 2 aromatic carbocycles. The highest BCUT2D eigenvalue weighted by molar-refractivity contribution is 7.94. The molecule has 1 aliphatic rings. The number of aryl methyl sites for hydroxylation is 1. The molecule has 1 N–H and O–H groups in total. The third-order valence-electron chi connectivity index (χ3n) is 5.15. The maximum atomic E-state index is 13.4. The van der Waals surface area contributed by atoms with Crippen molar-refractivity contribution in [3.63, 3.8) is 0 Å². The topological polar surface area (TPSA) is 66.5 Å². The van der Waals surface area contributed by atoms with E-state index in [1.165, 1.54) is 35.9 Å². The Balaban J connectivity index is 1.59. The summed E-state index contributed by atoms with van der Waals surface area (Å²) in [5.74, 6) is -0.878. The van der Waals surface area contributed by atoms with E-state index < -0.39 is 21.7 Å². The molecule has 1 atom stereocenters. The van der Waals surface area contributed by atoms with Crippen molar-refractivity contribution in [1.29, 1.82) is 0 Å². The van der Waals surface area contributed by atoms with Crippen LogP contribution in [-0.2, 0) is 21.2 Å². The fourth-order valence-corrected chi connectivity index (χ4v) is 6.24. The smallest absolute Gasteiger partial charge is 0.274 e. The van der Waals surface area contributed by atoms with Crippen LogP contribution in [0.15, 0.2) is 70.3 Å². The number of amides is 1. The maximum Gasteiger partial charge on any atom is 0.274 e. The first kappa shape index (κ1) is 20.6. The van der Waals surface area contributed by atoms with Gasteiger partial charge in [-0.25, -0.2) is 12.8 Å². The first-order valence-corrected chi connectivity index (χ1v) is 12.0. The Labute approximate surface area is 179 Å². The third kappa shape index (κ3) is 4.24. The maximum absolute atomic E-state index is 13.4. The number of anilines is 1. The molecule has 156 valence electrons. The van der Waals surface area contributed by atoms with Crippen LogP contribution in [0.25, 0.3) is 0 Å². The van der Waals surface area contributed by atoms with E-state index in [-0.39, 0.29) is 22.5 Å². The molecule has 0 aliphatic heterocycles. The quantitative estimate of drug-likeness (QED) is 0.617. The number of rotatable bonds is 6. The van der Waals surface area contributed by atoms with Crippen molar-refractivity contribution in [3.8, 4) is 0 Å². The first-order valence-electron chi connectivity index (χ1n) is 9.64. The van der Waals surface area contributed by atoms with Crippen molar-refractivity contribution >= 4 is 33.0 Å². The number of benzene rings is 2. The highest BCUT2D eigenvalue weighted by Gasteiger charge is 2.29. The van der Waals surface area contributed by atoms with Gasteiger partial charge in [0.2, 0.25) is 5.91 Å². The third-order valence-corrected chi connectivity index (χ3v) is 8.29. The Bertz CT molecular complexity index is 1130. The molecule has 0 unspecified atom stereocenters. The summed E-state index contributed by atoms with van der Waals surface area (Å²) in [6.45, 7) is -0.384. The van der Waals surface area contributed by atoms with E-state index in [0.29, 0.717) is 0 Å². The lowest BCUT2D eigenvalue weighted by molar-refractivity contribution is -0.120. The minimum atomic E-state index is -3.95. The lowest BCUT2D eigenvalue weighted by atomic mass is 9.88. The number of nitrogens with zero attached hydrogens (tertiary/aromatic N) is 1. The molecular formula is C22H21FN2O3S2. The summed E-state index contributed by atoms with van der Waals surface area (Å²) < 4.78 is 40.9. The van der Waals surface area contributed by atoms with E-state index in [0.717, 1.165) is 40.5 Å². The lowest BCUT2D eigenvalue weighted by Crippen LogP contribution is -2.42. The number of sulfonamides is 1. The van der Waals surface area contributed by atoms with Crippen LogP contribution in [0.5, 0.6) is 0 Å². The first-order chi connectivity index (χ1) is 14.4. The zero-order chi connectivity index (χ0) is 21.1. The van der Waals surface area contributed by atoms with Gasteiger partial charge in [0, 0.05) is 0 Å². The van der Waals surface area contributed by atoms with E-state index in [9.17, 15) is 17.6 Å². The summed E-state index contributed by atoms with van der Waals surface area (Å²) in [5, 5.41) is 4.65. The van der Waals surface area contributed by atoms with E-state index in [1.54, 1.807) is 11.4 Å². The fraction of sp³-hybridized carbons (Fsp3) is 0.227. The normalized spacial score (nSPS) is 16.0. The molecule has 1 heterocycles. The summed E-state index contributed by atoms with van der Waals surface area (Å²) >= 11 is 1.07. The average Bonchev–Trinajstić information content (AvgIpc) is 3.29. The van der Waals surface area contributed by atoms with Gasteiger partial charge >= 0.3 is 0 Å². The highest BCUT2D eigenvalue weighted by Crippen LogP contribution is 2.30. The number of hydrogen-bond donors (Lipinski definition) is 1. The molecule has 0 spiro atoms. The number of halogens is 1. The largest absolute Gasteiger partial charge is 0.348 e. The van der Waals surface area contributed by atoms with Crippen molar-refractivity contribution in [2.45, 2.75) is 29.5 Å². The number of nitrogens with one attached hydrogen (secondary N) is 1. The molecule has 3 aromatic rings. The summed E-state index contributed by atoms with van der Waals surface area (Å²) in [5.41, 5.74) is 2.52. The summed E-state index contributed by atoms with van der Waals surface area (Å²) in [6, 6.07) is 16.0. The Hall–Kier alpha value is -2.71. The number of fused-ring (bicyclic) bond motifs is 1. The second-order valence-electron chi connectivity index (χ2n) is 7.13. The second-order valence-corrected chi connectivity index (χ2v) is 10.2. The van der Waals surface area contributed by atoms with E-state index in [2.05, 4.69) is 11.4 Å². The van der Waals surface area contributed by atoms with E-state index >= 15 is 0 Å². The van der Waals surface area contributed by atoms with Crippen LogP contribution < -0.4 is 9.62 Å². The number of hydrogen-bond acceptors (Lipinski definition) is 4. The zero-order valence-electron chi connectivity index (χ0n) is 16.1. The van der Waals surface area contributed by atoms with Gasteiger partial charge in [0.05, 0.1) is 11.7 Å². The molecule has 8 heteroatoms. The molecule has 0 saturated carbocycles. The van der Waals surface area contributed by atoms with Gasteiger partial charge in [-0.1, -0.05) is 30.3 Å². The monoisotopic (exact) mass is 444 g/mol. The van der Waals surface area contributed by atoms with E-state index in [1.807, 2.05) is 18.2 Å². The van der Waals surface area contributed by atoms with Crippen LogP contribution in [0.3, 0.4) is 0 Å². The van der Waals surface area contributed by atoms with Crippen molar-refractivity contribution in [3.05, 3.63) is 83.0 Å². The Morgan fingerprint density at radius 2 is 1.87 bits per heavy atom. The molecule has 1 aromatic heterocycles. The van der Waals surface area contributed by atoms with Crippen LogP contribution in [0, 0.1) is 5.82 Å². The van der Waals surface area contributed by atoms with Gasteiger partial charge in [-0.05, 0) is 66.1 Å². The van der Waals surface area contributed by atoms with Crippen LogP contribution >= 0.6 is 11.3 Å². The van der Waals surface area contributed by atoms with Gasteiger partial charge in [-0.15, -0.1) is 11.3 Å². The van der Waals surface area contributed by atoms with Crippen LogP contribution in [0.2, 0.25) is 0 Å². The molecule has 4 rings (SSSR count). The minimum Gasteiger partial charge on any atom is -0.348 e. The Morgan fingerprint density at radius 3 is 2.60 bits per heavy atom. The second kappa shape index (κ2) is 8.57. The van der Waals surface area contributed by atoms with Crippen LogP contribution in [0.1, 0.15) is 30.0 Å². The summed E-state index contributed by atoms with van der Waals surface area (Å²) in [6.07, 6.45) is 2.73. The molecule has 30 heavy (non-hydrogen) atoms. The number of carbonyl (C=O) groups is 1. The van der Waals surface area contributed by atoms with Gasteiger partial charge in [0.15, 0.2) is 0 Å². The molecule has 0 radical (unpaired) electrons.